The van der Waals surface area contributed by atoms with Gasteiger partial charge in [-0.05, 0) is 62.1 Å². The highest BCUT2D eigenvalue weighted by Gasteiger charge is 2.02. The van der Waals surface area contributed by atoms with Gasteiger partial charge >= 0.3 is 0 Å². The number of hydrogen-bond donors (Lipinski definition) is 0. The molecule has 2 nitrogen and oxygen atoms in total. The molecular weight excluding hydrogens is 260 g/mol. The predicted molar refractivity (Wildman–Crippen MR) is 87.1 cm³/mol. The van der Waals surface area contributed by atoms with Gasteiger partial charge in [0.25, 0.3) is 0 Å². The minimum atomic E-state index is 0.201. The van der Waals surface area contributed by atoms with Gasteiger partial charge in [0, 0.05) is 0 Å². The predicted octanol–water partition coefficient (Wildman–Crippen LogP) is 4.92. The van der Waals surface area contributed by atoms with E-state index in [0.29, 0.717) is 6.61 Å². The van der Waals surface area contributed by atoms with Gasteiger partial charge in [0.1, 0.15) is 18.1 Å². The molecule has 0 N–H and O–H groups in total. The van der Waals surface area contributed by atoms with Crippen molar-refractivity contribution in [1.82, 2.24) is 0 Å². The molecule has 0 aliphatic heterocycles. The lowest BCUT2D eigenvalue weighted by atomic mass is 10.1. The van der Waals surface area contributed by atoms with Crippen molar-refractivity contribution in [1.29, 1.82) is 0 Å². The zero-order chi connectivity index (χ0) is 15.2. The molecular formula is C19H24O2. The van der Waals surface area contributed by atoms with E-state index in [2.05, 4.69) is 32.0 Å². The first kappa shape index (κ1) is 15.4. The molecule has 0 bridgehead atoms. The Morgan fingerprint density at radius 2 is 1.62 bits per heavy atom. The molecule has 0 aliphatic rings. The zero-order valence-corrected chi connectivity index (χ0v) is 13.3. The molecule has 0 unspecified atom stereocenters. The lowest BCUT2D eigenvalue weighted by Gasteiger charge is -2.12. The van der Waals surface area contributed by atoms with Crippen molar-refractivity contribution in [2.75, 3.05) is 0 Å². The molecule has 0 saturated heterocycles. The van der Waals surface area contributed by atoms with Crippen LogP contribution >= 0.6 is 0 Å². The normalized spacial score (nSPS) is 10.7. The molecule has 0 atom stereocenters. The smallest absolute Gasteiger partial charge is 0.122 e. The van der Waals surface area contributed by atoms with E-state index in [4.69, 9.17) is 9.47 Å². The van der Waals surface area contributed by atoms with Crippen LogP contribution in [0.4, 0.5) is 0 Å². The summed E-state index contributed by atoms with van der Waals surface area (Å²) in [4.78, 5) is 0. The number of rotatable bonds is 6. The summed E-state index contributed by atoms with van der Waals surface area (Å²) in [6.45, 7) is 8.89. The van der Waals surface area contributed by atoms with Crippen LogP contribution in [0.25, 0.3) is 0 Å². The first-order chi connectivity index (χ1) is 10.1. The van der Waals surface area contributed by atoms with Gasteiger partial charge in [0.2, 0.25) is 0 Å². The summed E-state index contributed by atoms with van der Waals surface area (Å²) in [6, 6.07) is 14.5. The van der Waals surface area contributed by atoms with Crippen LogP contribution in [-0.4, -0.2) is 6.10 Å². The van der Waals surface area contributed by atoms with E-state index in [9.17, 15) is 0 Å². The standard InChI is InChI=1S/C19H24O2/c1-5-16-8-11-19(15(4)12-16)20-13-17-6-9-18(10-7-17)21-14(2)3/h6-12,14H,5,13H2,1-4H3. The van der Waals surface area contributed by atoms with Crippen molar-refractivity contribution in [2.45, 2.75) is 46.8 Å². The third kappa shape index (κ3) is 4.52. The number of aryl methyl sites for hydroxylation is 2. The van der Waals surface area contributed by atoms with E-state index in [1.54, 1.807) is 0 Å². The number of ether oxygens (including phenoxy) is 2. The van der Waals surface area contributed by atoms with Gasteiger partial charge in [-0.15, -0.1) is 0 Å². The molecule has 21 heavy (non-hydrogen) atoms. The van der Waals surface area contributed by atoms with Crippen molar-refractivity contribution in [3.63, 3.8) is 0 Å². The molecule has 2 heteroatoms. The van der Waals surface area contributed by atoms with E-state index in [1.165, 1.54) is 11.1 Å². The van der Waals surface area contributed by atoms with E-state index in [-0.39, 0.29) is 6.10 Å². The molecule has 0 saturated carbocycles. The molecule has 0 amide bonds. The second kappa shape index (κ2) is 7.16. The highest BCUT2D eigenvalue weighted by Crippen LogP contribution is 2.21. The van der Waals surface area contributed by atoms with Crippen LogP contribution in [0, 0.1) is 6.92 Å². The van der Waals surface area contributed by atoms with E-state index in [1.807, 2.05) is 38.1 Å². The number of benzene rings is 2. The van der Waals surface area contributed by atoms with Crippen molar-refractivity contribution in [3.05, 3.63) is 59.2 Å². The minimum absolute atomic E-state index is 0.201. The second-order valence-corrected chi connectivity index (χ2v) is 5.55. The van der Waals surface area contributed by atoms with Gasteiger partial charge in [0.05, 0.1) is 6.10 Å². The van der Waals surface area contributed by atoms with Gasteiger partial charge in [-0.1, -0.05) is 31.2 Å². The van der Waals surface area contributed by atoms with Crippen molar-refractivity contribution >= 4 is 0 Å². The largest absolute Gasteiger partial charge is 0.491 e. The first-order valence-electron chi connectivity index (χ1n) is 7.56. The van der Waals surface area contributed by atoms with Gasteiger partial charge in [0.15, 0.2) is 0 Å². The lowest BCUT2D eigenvalue weighted by molar-refractivity contribution is 0.242. The highest BCUT2D eigenvalue weighted by atomic mass is 16.5. The summed E-state index contributed by atoms with van der Waals surface area (Å²) in [5.74, 6) is 1.85. The first-order valence-corrected chi connectivity index (χ1v) is 7.56. The molecule has 0 aromatic heterocycles. The summed E-state index contributed by atoms with van der Waals surface area (Å²) in [7, 11) is 0. The molecule has 2 rings (SSSR count). The third-order valence-electron chi connectivity index (χ3n) is 3.34. The Bertz CT molecular complexity index is 571. The van der Waals surface area contributed by atoms with E-state index in [0.717, 1.165) is 23.5 Å². The fraction of sp³-hybridized carbons (Fsp3) is 0.368. The van der Waals surface area contributed by atoms with Gasteiger partial charge in [-0.2, -0.15) is 0 Å². The maximum Gasteiger partial charge on any atom is 0.122 e. The van der Waals surface area contributed by atoms with Crippen LogP contribution in [-0.2, 0) is 13.0 Å². The highest BCUT2D eigenvalue weighted by molar-refractivity contribution is 5.36. The Balaban J connectivity index is 1.96. The Morgan fingerprint density at radius 3 is 2.19 bits per heavy atom. The Morgan fingerprint density at radius 1 is 0.952 bits per heavy atom. The fourth-order valence-electron chi connectivity index (χ4n) is 2.19. The Kier molecular flexibility index (Phi) is 5.26. The summed E-state index contributed by atoms with van der Waals surface area (Å²) in [5.41, 5.74) is 3.68. The van der Waals surface area contributed by atoms with Crippen molar-refractivity contribution < 1.29 is 9.47 Å². The van der Waals surface area contributed by atoms with Crippen LogP contribution in [0.1, 0.15) is 37.5 Å². The van der Waals surface area contributed by atoms with Crippen LogP contribution in [0.5, 0.6) is 11.5 Å². The van der Waals surface area contributed by atoms with Gasteiger partial charge < -0.3 is 9.47 Å². The maximum atomic E-state index is 5.90. The molecule has 112 valence electrons. The molecule has 2 aromatic rings. The average Bonchev–Trinajstić information content (AvgIpc) is 2.47. The fourth-order valence-corrected chi connectivity index (χ4v) is 2.19. The molecule has 0 aliphatic carbocycles. The molecule has 0 spiro atoms. The van der Waals surface area contributed by atoms with Crippen molar-refractivity contribution in [2.24, 2.45) is 0 Å². The molecule has 0 radical (unpaired) electrons. The maximum absolute atomic E-state index is 5.90. The lowest BCUT2D eigenvalue weighted by Crippen LogP contribution is -2.05. The van der Waals surface area contributed by atoms with Gasteiger partial charge in [-0.25, -0.2) is 0 Å². The summed E-state index contributed by atoms with van der Waals surface area (Å²) in [5, 5.41) is 0. The topological polar surface area (TPSA) is 18.5 Å². The molecule has 0 heterocycles. The Hall–Kier alpha value is -1.96. The molecule has 2 aromatic carbocycles. The summed E-state index contributed by atoms with van der Waals surface area (Å²) in [6.07, 6.45) is 1.25. The van der Waals surface area contributed by atoms with Gasteiger partial charge in [-0.3, -0.25) is 0 Å². The second-order valence-electron chi connectivity index (χ2n) is 5.55. The SMILES string of the molecule is CCc1ccc(OCc2ccc(OC(C)C)cc2)c(C)c1. The van der Waals surface area contributed by atoms with Crippen LogP contribution < -0.4 is 9.47 Å². The van der Waals surface area contributed by atoms with Crippen LogP contribution in [0.2, 0.25) is 0 Å². The third-order valence-corrected chi connectivity index (χ3v) is 3.34. The Labute approximate surface area is 127 Å². The van der Waals surface area contributed by atoms with E-state index >= 15 is 0 Å². The number of hydrogen-bond acceptors (Lipinski definition) is 2. The summed E-state index contributed by atoms with van der Waals surface area (Å²) >= 11 is 0. The minimum Gasteiger partial charge on any atom is -0.491 e. The monoisotopic (exact) mass is 284 g/mol. The van der Waals surface area contributed by atoms with E-state index < -0.39 is 0 Å². The average molecular weight is 284 g/mol. The quantitative estimate of drug-likeness (QED) is 0.749. The van der Waals surface area contributed by atoms with Crippen LogP contribution in [0.15, 0.2) is 42.5 Å². The zero-order valence-electron chi connectivity index (χ0n) is 13.3. The van der Waals surface area contributed by atoms with Crippen molar-refractivity contribution in [3.8, 4) is 11.5 Å². The summed E-state index contributed by atoms with van der Waals surface area (Å²) < 4.78 is 11.5. The van der Waals surface area contributed by atoms with Crippen LogP contribution in [0.3, 0.4) is 0 Å². The molecule has 0 fully saturated rings.